The van der Waals surface area contributed by atoms with Gasteiger partial charge in [0.15, 0.2) is 0 Å². The zero-order valence-electron chi connectivity index (χ0n) is 15.4. The quantitative estimate of drug-likeness (QED) is 0.816. The van der Waals surface area contributed by atoms with Crippen LogP contribution in [-0.2, 0) is 16.1 Å². The summed E-state index contributed by atoms with van der Waals surface area (Å²) in [6.07, 6.45) is 1.80. The van der Waals surface area contributed by atoms with Crippen LogP contribution in [0.5, 0.6) is 0 Å². The summed E-state index contributed by atoms with van der Waals surface area (Å²) in [7, 11) is 0. The summed E-state index contributed by atoms with van der Waals surface area (Å²) in [5.74, 6) is 0.279. The lowest BCUT2D eigenvalue weighted by atomic mass is 10.2. The average Bonchev–Trinajstić information content (AvgIpc) is 2.82. The Morgan fingerprint density at radius 1 is 1.12 bits per heavy atom. The first-order chi connectivity index (χ1) is 12.2. The molecule has 1 unspecified atom stereocenters. The molecule has 2 saturated heterocycles. The molecule has 25 heavy (non-hydrogen) atoms. The van der Waals surface area contributed by atoms with Gasteiger partial charge in [0.25, 0.3) is 0 Å². The van der Waals surface area contributed by atoms with E-state index in [1.165, 1.54) is 12.0 Å². The number of benzene rings is 1. The summed E-state index contributed by atoms with van der Waals surface area (Å²) >= 11 is 0. The highest BCUT2D eigenvalue weighted by atomic mass is 16.5. The Hall–Kier alpha value is -1.43. The van der Waals surface area contributed by atoms with E-state index >= 15 is 0 Å². The predicted molar refractivity (Wildman–Crippen MR) is 99.4 cm³/mol. The van der Waals surface area contributed by atoms with Crippen LogP contribution in [0.2, 0.25) is 0 Å². The Morgan fingerprint density at radius 2 is 1.88 bits per heavy atom. The summed E-state index contributed by atoms with van der Waals surface area (Å²) in [6.45, 7) is 10.3. The van der Waals surface area contributed by atoms with E-state index in [1.54, 1.807) is 0 Å². The molecule has 0 aliphatic carbocycles. The number of ether oxygens (including phenoxy) is 1. The number of rotatable bonds is 5. The van der Waals surface area contributed by atoms with E-state index in [4.69, 9.17) is 4.74 Å². The lowest BCUT2D eigenvalue weighted by molar-refractivity contribution is -0.135. The number of carbonyl (C=O) groups is 1. The maximum atomic E-state index is 12.4. The second-order valence-corrected chi connectivity index (χ2v) is 7.20. The Labute approximate surface area is 151 Å². The van der Waals surface area contributed by atoms with Gasteiger partial charge in [0.05, 0.1) is 13.2 Å². The maximum absolute atomic E-state index is 12.4. The first-order valence-corrected chi connectivity index (χ1v) is 9.58. The molecule has 3 rings (SSSR count). The van der Waals surface area contributed by atoms with Crippen LogP contribution in [0.25, 0.3) is 0 Å². The average molecular weight is 345 g/mol. The van der Waals surface area contributed by atoms with Crippen molar-refractivity contribution < 1.29 is 9.53 Å². The molecule has 2 aliphatic rings. The fourth-order valence-electron chi connectivity index (χ4n) is 3.83. The molecule has 1 atom stereocenters. The number of carbonyl (C=O) groups excluding carboxylic acids is 1. The van der Waals surface area contributed by atoms with Crippen LogP contribution >= 0.6 is 0 Å². The Bertz CT molecular complexity index is 531. The van der Waals surface area contributed by atoms with Crippen molar-refractivity contribution in [2.75, 3.05) is 52.5 Å². The molecule has 0 spiro atoms. The van der Waals surface area contributed by atoms with Gasteiger partial charge in [-0.1, -0.05) is 30.3 Å². The van der Waals surface area contributed by atoms with Crippen molar-refractivity contribution in [3.05, 3.63) is 35.9 Å². The van der Waals surface area contributed by atoms with Gasteiger partial charge in [-0.3, -0.25) is 14.6 Å². The Morgan fingerprint density at radius 3 is 2.64 bits per heavy atom. The van der Waals surface area contributed by atoms with E-state index in [1.807, 2.05) is 4.90 Å². The SMILES string of the molecule is CC1CN(Cc2ccccc2)CCCN1CCC(=O)N1CCOCC1. The van der Waals surface area contributed by atoms with E-state index in [0.29, 0.717) is 25.7 Å². The van der Waals surface area contributed by atoms with Crippen molar-refractivity contribution >= 4 is 5.91 Å². The Kier molecular flexibility index (Phi) is 6.84. The molecular weight excluding hydrogens is 314 g/mol. The van der Waals surface area contributed by atoms with Crippen molar-refractivity contribution in [2.45, 2.75) is 32.4 Å². The molecule has 0 aromatic heterocycles. The van der Waals surface area contributed by atoms with Crippen LogP contribution in [0, 0.1) is 0 Å². The highest BCUT2D eigenvalue weighted by Crippen LogP contribution is 2.14. The van der Waals surface area contributed by atoms with E-state index in [2.05, 4.69) is 47.1 Å². The molecule has 0 radical (unpaired) electrons. The molecule has 1 aromatic carbocycles. The number of hydrogen-bond acceptors (Lipinski definition) is 4. The van der Waals surface area contributed by atoms with Gasteiger partial charge < -0.3 is 9.64 Å². The van der Waals surface area contributed by atoms with Gasteiger partial charge in [-0.15, -0.1) is 0 Å². The fourth-order valence-corrected chi connectivity index (χ4v) is 3.83. The molecule has 1 aromatic rings. The molecule has 138 valence electrons. The topological polar surface area (TPSA) is 36.0 Å². The highest BCUT2D eigenvalue weighted by molar-refractivity contribution is 5.76. The lowest BCUT2D eigenvalue weighted by Crippen LogP contribution is -2.44. The van der Waals surface area contributed by atoms with Crippen molar-refractivity contribution in [1.82, 2.24) is 14.7 Å². The second kappa shape index (κ2) is 9.32. The number of hydrogen-bond donors (Lipinski definition) is 0. The zero-order valence-corrected chi connectivity index (χ0v) is 15.4. The van der Waals surface area contributed by atoms with Gasteiger partial charge in [0, 0.05) is 45.2 Å². The van der Waals surface area contributed by atoms with Crippen LogP contribution in [0.4, 0.5) is 0 Å². The van der Waals surface area contributed by atoms with Crippen molar-refractivity contribution in [2.24, 2.45) is 0 Å². The molecular formula is C20H31N3O2. The summed E-state index contributed by atoms with van der Waals surface area (Å²) < 4.78 is 5.33. The van der Waals surface area contributed by atoms with Gasteiger partial charge in [0.1, 0.15) is 0 Å². The minimum absolute atomic E-state index is 0.279. The first kappa shape index (κ1) is 18.4. The number of morpholine rings is 1. The van der Waals surface area contributed by atoms with Gasteiger partial charge in [-0.2, -0.15) is 0 Å². The largest absolute Gasteiger partial charge is 0.378 e. The standard InChI is InChI=1S/C20H31N3O2/c1-18-16-21(17-19-6-3-2-4-7-19)9-5-10-22(18)11-8-20(24)23-12-14-25-15-13-23/h2-4,6-7,18H,5,8-17H2,1H3. The van der Waals surface area contributed by atoms with E-state index in [-0.39, 0.29) is 5.91 Å². The van der Waals surface area contributed by atoms with Crippen molar-refractivity contribution in [3.63, 3.8) is 0 Å². The third kappa shape index (κ3) is 5.53. The molecule has 5 nitrogen and oxygen atoms in total. The molecule has 0 N–H and O–H groups in total. The third-order valence-corrected chi connectivity index (χ3v) is 5.29. The van der Waals surface area contributed by atoms with Crippen LogP contribution in [0.15, 0.2) is 30.3 Å². The number of amides is 1. The molecule has 5 heteroatoms. The maximum Gasteiger partial charge on any atom is 0.224 e. The summed E-state index contributed by atoms with van der Waals surface area (Å²) in [4.78, 5) is 19.4. The summed E-state index contributed by atoms with van der Waals surface area (Å²) in [5.41, 5.74) is 1.38. The minimum atomic E-state index is 0.279. The normalized spacial score (nSPS) is 23.4. The smallest absolute Gasteiger partial charge is 0.224 e. The molecule has 0 saturated carbocycles. The van der Waals surface area contributed by atoms with Crippen LogP contribution in [0.1, 0.15) is 25.3 Å². The first-order valence-electron chi connectivity index (χ1n) is 9.58. The van der Waals surface area contributed by atoms with Gasteiger partial charge in [-0.25, -0.2) is 0 Å². The van der Waals surface area contributed by atoms with Crippen LogP contribution < -0.4 is 0 Å². The lowest BCUT2D eigenvalue weighted by Gasteiger charge is -2.31. The molecule has 2 aliphatic heterocycles. The second-order valence-electron chi connectivity index (χ2n) is 7.20. The molecule has 1 amide bonds. The highest BCUT2D eigenvalue weighted by Gasteiger charge is 2.23. The Balaban J connectivity index is 1.46. The molecule has 0 bridgehead atoms. The fraction of sp³-hybridized carbons (Fsp3) is 0.650. The molecule has 2 heterocycles. The van der Waals surface area contributed by atoms with Gasteiger partial charge in [0.2, 0.25) is 5.91 Å². The van der Waals surface area contributed by atoms with Crippen LogP contribution in [0.3, 0.4) is 0 Å². The van der Waals surface area contributed by atoms with Crippen molar-refractivity contribution in [3.8, 4) is 0 Å². The van der Waals surface area contributed by atoms with E-state index in [0.717, 1.165) is 45.8 Å². The summed E-state index contributed by atoms with van der Waals surface area (Å²) in [5, 5.41) is 0. The van der Waals surface area contributed by atoms with Crippen LogP contribution in [-0.4, -0.2) is 79.1 Å². The monoisotopic (exact) mass is 345 g/mol. The number of nitrogens with zero attached hydrogens (tertiary/aromatic N) is 3. The zero-order chi connectivity index (χ0) is 17.5. The van der Waals surface area contributed by atoms with Crippen molar-refractivity contribution in [1.29, 1.82) is 0 Å². The minimum Gasteiger partial charge on any atom is -0.378 e. The predicted octanol–water partition coefficient (Wildman–Crippen LogP) is 1.83. The summed E-state index contributed by atoms with van der Waals surface area (Å²) in [6, 6.07) is 11.2. The van der Waals surface area contributed by atoms with E-state index < -0.39 is 0 Å². The van der Waals surface area contributed by atoms with Gasteiger partial charge >= 0.3 is 0 Å². The third-order valence-electron chi connectivity index (χ3n) is 5.29. The van der Waals surface area contributed by atoms with E-state index in [9.17, 15) is 4.79 Å². The molecule has 2 fully saturated rings. The van der Waals surface area contributed by atoms with Gasteiger partial charge in [-0.05, 0) is 32.0 Å².